The van der Waals surface area contributed by atoms with Crippen molar-refractivity contribution in [2.24, 2.45) is 0 Å². The number of nitrogens with zero attached hydrogens (tertiary/aromatic N) is 6. The van der Waals surface area contributed by atoms with Crippen molar-refractivity contribution in [2.75, 3.05) is 69.7 Å². The first kappa shape index (κ1) is 33.2. The van der Waals surface area contributed by atoms with Gasteiger partial charge in [0, 0.05) is 73.2 Å². The monoisotopic (exact) mass is 732 g/mol. The molecule has 7 aromatic carbocycles. The van der Waals surface area contributed by atoms with Crippen LogP contribution in [0, 0.1) is 0 Å². The summed E-state index contributed by atoms with van der Waals surface area (Å²) in [5.74, 6) is 0. The molecule has 7 aromatic rings. The molecule has 6 nitrogen and oxygen atoms in total. The lowest BCUT2D eigenvalue weighted by atomic mass is 9.92. The van der Waals surface area contributed by atoms with Crippen LogP contribution >= 0.6 is 0 Å². The van der Waals surface area contributed by atoms with Gasteiger partial charge in [0.2, 0.25) is 0 Å². The van der Waals surface area contributed by atoms with Crippen LogP contribution in [0.15, 0.2) is 133 Å². The Morgan fingerprint density at radius 3 is 0.946 bits per heavy atom. The van der Waals surface area contributed by atoms with Gasteiger partial charge in [-0.25, -0.2) is 0 Å². The molecule has 6 heteroatoms. The van der Waals surface area contributed by atoms with Gasteiger partial charge in [-0.3, -0.25) is 0 Å². The van der Waals surface area contributed by atoms with Gasteiger partial charge in [0.25, 0.3) is 0 Å². The number of hydrogen-bond acceptors (Lipinski definition) is 6. The minimum atomic E-state index is 1.10. The number of anilines is 12. The van der Waals surface area contributed by atoms with Crippen LogP contribution in [0.5, 0.6) is 0 Å². The lowest BCUT2D eigenvalue weighted by Crippen LogP contribution is -2.29. The van der Waals surface area contributed by atoms with E-state index in [0.717, 1.165) is 26.2 Å². The van der Waals surface area contributed by atoms with E-state index in [4.69, 9.17) is 0 Å². The van der Waals surface area contributed by atoms with E-state index in [0.29, 0.717) is 0 Å². The average Bonchev–Trinajstić information content (AvgIpc) is 3.27. The third-order valence-electron chi connectivity index (χ3n) is 12.9. The highest BCUT2D eigenvalue weighted by molar-refractivity contribution is 6.26. The van der Waals surface area contributed by atoms with Crippen molar-refractivity contribution in [3.63, 3.8) is 0 Å². The third-order valence-corrected chi connectivity index (χ3v) is 12.9. The van der Waals surface area contributed by atoms with Crippen molar-refractivity contribution in [3.05, 3.63) is 133 Å². The molecular formula is C50H48N6. The number of para-hydroxylation sites is 8. The molecule has 278 valence electrons. The maximum Gasteiger partial charge on any atom is 0.0700 e. The topological polar surface area (TPSA) is 19.4 Å². The van der Waals surface area contributed by atoms with Crippen LogP contribution in [0.3, 0.4) is 0 Å². The second-order valence-corrected chi connectivity index (χ2v) is 16.0. The molecule has 4 aliphatic rings. The van der Waals surface area contributed by atoms with Crippen LogP contribution in [-0.4, -0.2) is 40.3 Å². The molecule has 0 amide bonds. The van der Waals surface area contributed by atoms with Crippen LogP contribution in [-0.2, 0) is 0 Å². The number of benzene rings is 7. The van der Waals surface area contributed by atoms with Crippen molar-refractivity contribution < 1.29 is 0 Å². The smallest absolute Gasteiger partial charge is 0.0700 e. The average molecular weight is 733 g/mol. The largest absolute Gasteiger partial charge is 0.372 e. The Kier molecular flexibility index (Phi) is 7.87. The molecule has 0 unspecified atom stereocenters. The number of piperidine rings is 2. The molecule has 0 radical (unpaired) electrons. The second-order valence-electron chi connectivity index (χ2n) is 16.0. The summed E-state index contributed by atoms with van der Waals surface area (Å²) in [5, 5.41) is 5.05. The highest BCUT2D eigenvalue weighted by atomic mass is 15.3. The molecule has 11 rings (SSSR count). The van der Waals surface area contributed by atoms with Crippen molar-refractivity contribution in [2.45, 2.75) is 38.5 Å². The summed E-state index contributed by atoms with van der Waals surface area (Å²) < 4.78 is 0. The zero-order valence-electron chi connectivity index (χ0n) is 32.5. The summed E-state index contributed by atoms with van der Waals surface area (Å²) in [4.78, 5) is 15.1. The molecule has 4 aliphatic heterocycles. The third kappa shape index (κ3) is 5.08. The van der Waals surface area contributed by atoms with E-state index in [1.54, 1.807) is 0 Å². The molecule has 0 atom stereocenters. The standard InChI is InChI=1S/C50H48N6/c1-51-41-17-5-9-21-45(41)55(46-22-10-6-18-42(46)51)49-37-27-25-36(54-31-15-4-16-32-54)34-40(37)50(38-28-26-35(33-39(38)49)53-29-13-3-14-30-53)56-47-23-11-7-19-43(47)52(2)44-20-8-12-24-48(44)56/h5-12,17-28,33-34H,3-4,13-16,29-32H2,1-2H3. The Balaban J connectivity index is 1.29. The zero-order chi connectivity index (χ0) is 37.3. The summed E-state index contributed by atoms with van der Waals surface area (Å²) in [6.45, 7) is 4.39. The van der Waals surface area contributed by atoms with Crippen LogP contribution in [0.25, 0.3) is 21.5 Å². The number of hydrogen-bond donors (Lipinski definition) is 0. The maximum atomic E-state index is 2.61. The molecule has 0 spiro atoms. The van der Waals surface area contributed by atoms with Gasteiger partial charge in [0.1, 0.15) is 0 Å². The molecule has 4 heterocycles. The second kappa shape index (κ2) is 13.3. The van der Waals surface area contributed by atoms with Crippen LogP contribution in [0.1, 0.15) is 38.5 Å². The first-order chi connectivity index (χ1) is 27.7. The number of rotatable bonds is 4. The minimum Gasteiger partial charge on any atom is -0.372 e. The van der Waals surface area contributed by atoms with E-state index < -0.39 is 0 Å². The van der Waals surface area contributed by atoms with Gasteiger partial charge >= 0.3 is 0 Å². The number of fused-ring (bicyclic) bond motifs is 6. The van der Waals surface area contributed by atoms with Gasteiger partial charge in [-0.1, -0.05) is 60.7 Å². The van der Waals surface area contributed by atoms with Gasteiger partial charge < -0.3 is 29.4 Å². The summed E-state index contributed by atoms with van der Waals surface area (Å²) in [6, 6.07) is 50.5. The fourth-order valence-electron chi connectivity index (χ4n) is 10.1. The minimum absolute atomic E-state index is 1.10. The normalized spacial score (nSPS) is 16.5. The summed E-state index contributed by atoms with van der Waals surface area (Å²) >= 11 is 0. The fourth-order valence-corrected chi connectivity index (χ4v) is 10.1. The van der Waals surface area contributed by atoms with E-state index in [9.17, 15) is 0 Å². The lowest BCUT2D eigenvalue weighted by molar-refractivity contribution is 0.578. The predicted octanol–water partition coefficient (Wildman–Crippen LogP) is 13.1. The summed E-state index contributed by atoms with van der Waals surface area (Å²) in [7, 11) is 4.41. The molecular weight excluding hydrogens is 685 g/mol. The molecule has 2 saturated heterocycles. The Morgan fingerprint density at radius 2 is 0.625 bits per heavy atom. The molecule has 56 heavy (non-hydrogen) atoms. The van der Waals surface area contributed by atoms with Crippen LogP contribution < -0.4 is 29.4 Å². The van der Waals surface area contributed by atoms with Crippen molar-refractivity contribution >= 4 is 89.8 Å². The summed E-state index contributed by atoms with van der Waals surface area (Å²) in [5.41, 5.74) is 14.7. The zero-order valence-corrected chi connectivity index (χ0v) is 32.5. The Labute approximate surface area is 330 Å². The van der Waals surface area contributed by atoms with Gasteiger partial charge in [0.05, 0.1) is 56.9 Å². The van der Waals surface area contributed by atoms with Crippen molar-refractivity contribution in [3.8, 4) is 0 Å². The molecule has 0 bridgehead atoms. The van der Waals surface area contributed by atoms with E-state index in [1.165, 1.54) is 128 Å². The maximum absolute atomic E-state index is 2.61. The van der Waals surface area contributed by atoms with Gasteiger partial charge in [0.15, 0.2) is 0 Å². The fraction of sp³-hybridized carbons (Fsp3) is 0.240. The lowest BCUT2D eigenvalue weighted by Gasteiger charge is -2.42. The molecule has 2 fully saturated rings. The highest BCUT2D eigenvalue weighted by Crippen LogP contribution is 2.59. The van der Waals surface area contributed by atoms with Gasteiger partial charge in [-0.15, -0.1) is 0 Å². The molecule has 0 aromatic heterocycles. The Bertz CT molecular complexity index is 2360. The van der Waals surface area contributed by atoms with Gasteiger partial charge in [-0.05, 0) is 111 Å². The molecule has 0 N–H and O–H groups in total. The van der Waals surface area contributed by atoms with Crippen LogP contribution in [0.4, 0.5) is 68.2 Å². The Morgan fingerprint density at radius 1 is 0.321 bits per heavy atom. The molecule has 0 saturated carbocycles. The highest BCUT2D eigenvalue weighted by Gasteiger charge is 2.34. The SMILES string of the molecule is CN1c2ccccc2N(c2c3ccc(N4CCCCC4)cc3c(N3c4ccccc4N(C)c4ccccc43)c3ccc(N4CCCCC4)cc23)c2ccccc21. The predicted molar refractivity (Wildman–Crippen MR) is 239 cm³/mol. The van der Waals surface area contributed by atoms with E-state index in [1.807, 2.05) is 0 Å². The quantitative estimate of drug-likeness (QED) is 0.167. The molecule has 0 aliphatic carbocycles. The Hall–Kier alpha value is -6.14. The first-order valence-corrected chi connectivity index (χ1v) is 20.6. The summed E-state index contributed by atoms with van der Waals surface area (Å²) in [6.07, 6.45) is 7.56. The van der Waals surface area contributed by atoms with Crippen molar-refractivity contribution in [1.82, 2.24) is 0 Å². The van der Waals surface area contributed by atoms with E-state index in [2.05, 4.69) is 177 Å². The first-order valence-electron chi connectivity index (χ1n) is 20.6. The van der Waals surface area contributed by atoms with Gasteiger partial charge in [-0.2, -0.15) is 0 Å². The van der Waals surface area contributed by atoms with Crippen LogP contribution in [0.2, 0.25) is 0 Å². The van der Waals surface area contributed by atoms with E-state index >= 15 is 0 Å². The van der Waals surface area contributed by atoms with E-state index in [-0.39, 0.29) is 0 Å². The van der Waals surface area contributed by atoms with Crippen molar-refractivity contribution in [1.29, 1.82) is 0 Å².